The zero-order chi connectivity index (χ0) is 24.0. The van der Waals surface area contributed by atoms with Gasteiger partial charge in [0.2, 0.25) is 5.91 Å². The molecule has 0 radical (unpaired) electrons. The zero-order valence-corrected chi connectivity index (χ0v) is 18.8. The lowest BCUT2D eigenvalue weighted by Gasteiger charge is -2.12. The van der Waals surface area contributed by atoms with Gasteiger partial charge in [0.1, 0.15) is 0 Å². The van der Waals surface area contributed by atoms with Gasteiger partial charge in [0, 0.05) is 12.2 Å². The number of benzene rings is 2. The molecule has 0 saturated heterocycles. The van der Waals surface area contributed by atoms with E-state index in [0.717, 1.165) is 11.8 Å². The third kappa shape index (κ3) is 5.47. The van der Waals surface area contributed by atoms with Gasteiger partial charge in [-0.25, -0.2) is 14.6 Å². The second kappa shape index (κ2) is 10.6. The van der Waals surface area contributed by atoms with Crippen molar-refractivity contribution in [1.82, 2.24) is 9.55 Å². The van der Waals surface area contributed by atoms with Crippen molar-refractivity contribution in [3.05, 3.63) is 76.6 Å². The number of hydrogen-bond donors (Lipinski definition) is 1. The van der Waals surface area contributed by atoms with Crippen molar-refractivity contribution in [2.24, 2.45) is 0 Å². The number of carbonyl (C=O) groups is 3. The summed E-state index contributed by atoms with van der Waals surface area (Å²) in [5, 5.41) is 3.49. The fourth-order valence-corrected chi connectivity index (χ4v) is 3.85. The van der Waals surface area contributed by atoms with Crippen LogP contribution in [0.5, 0.6) is 0 Å². The van der Waals surface area contributed by atoms with E-state index in [1.165, 1.54) is 37.0 Å². The number of thioether (sulfide) groups is 1. The Kier molecular flexibility index (Phi) is 7.62. The van der Waals surface area contributed by atoms with E-state index in [2.05, 4.69) is 16.9 Å². The van der Waals surface area contributed by atoms with E-state index in [9.17, 15) is 19.2 Å². The number of esters is 2. The van der Waals surface area contributed by atoms with Crippen LogP contribution in [0.25, 0.3) is 10.9 Å². The molecule has 0 fully saturated rings. The standard InChI is InChI=1S/C23H21N3O6S/c1-4-9-26-20(28)17-7-5-6-8-18(17)25-23(26)33-13-19(27)24-16-11-14(21(29)31-2)10-15(12-16)22(30)32-3/h4-8,10-12H,1,9,13H2,2-3H3,(H,24,27). The molecular weight excluding hydrogens is 446 g/mol. The maximum atomic E-state index is 12.8. The van der Waals surface area contributed by atoms with Gasteiger partial charge in [-0.3, -0.25) is 14.2 Å². The molecule has 2 aromatic carbocycles. The Bertz CT molecular complexity index is 1270. The van der Waals surface area contributed by atoms with Crippen molar-refractivity contribution in [2.75, 3.05) is 25.3 Å². The highest BCUT2D eigenvalue weighted by Crippen LogP contribution is 2.20. The van der Waals surface area contributed by atoms with E-state index in [1.807, 2.05) is 0 Å². The van der Waals surface area contributed by atoms with E-state index in [4.69, 9.17) is 9.47 Å². The van der Waals surface area contributed by atoms with Crippen LogP contribution in [0.3, 0.4) is 0 Å². The number of aromatic nitrogens is 2. The number of nitrogens with zero attached hydrogens (tertiary/aromatic N) is 2. The number of nitrogens with one attached hydrogen (secondary N) is 1. The fraction of sp³-hybridized carbons (Fsp3) is 0.174. The summed E-state index contributed by atoms with van der Waals surface area (Å²) in [6.07, 6.45) is 1.58. The Balaban J connectivity index is 1.83. The molecule has 1 aromatic heterocycles. The average Bonchev–Trinajstić information content (AvgIpc) is 2.83. The van der Waals surface area contributed by atoms with Crippen molar-refractivity contribution in [1.29, 1.82) is 0 Å². The number of allylic oxidation sites excluding steroid dienone is 1. The second-order valence-electron chi connectivity index (χ2n) is 6.74. The van der Waals surface area contributed by atoms with E-state index in [0.29, 0.717) is 16.1 Å². The van der Waals surface area contributed by atoms with Gasteiger partial charge in [-0.2, -0.15) is 0 Å². The van der Waals surface area contributed by atoms with E-state index in [-0.39, 0.29) is 34.7 Å². The molecule has 3 rings (SSSR count). The molecule has 0 bridgehead atoms. The quantitative estimate of drug-likeness (QED) is 0.233. The third-order valence-electron chi connectivity index (χ3n) is 4.53. The van der Waals surface area contributed by atoms with E-state index >= 15 is 0 Å². The molecule has 0 aliphatic heterocycles. The summed E-state index contributed by atoms with van der Waals surface area (Å²) in [5.41, 5.74) is 0.689. The summed E-state index contributed by atoms with van der Waals surface area (Å²) in [7, 11) is 2.42. The Morgan fingerprint density at radius 1 is 1.09 bits per heavy atom. The van der Waals surface area contributed by atoms with Crippen molar-refractivity contribution >= 4 is 46.2 Å². The van der Waals surface area contributed by atoms with Crippen LogP contribution in [0.15, 0.2) is 65.1 Å². The number of para-hydroxylation sites is 1. The van der Waals surface area contributed by atoms with Crippen LogP contribution >= 0.6 is 11.8 Å². The molecular formula is C23H21N3O6S. The third-order valence-corrected chi connectivity index (χ3v) is 5.51. The molecule has 0 atom stereocenters. The van der Waals surface area contributed by atoms with Gasteiger partial charge in [-0.15, -0.1) is 6.58 Å². The first-order valence-electron chi connectivity index (χ1n) is 9.72. The number of methoxy groups -OCH3 is 2. The van der Waals surface area contributed by atoms with Gasteiger partial charge in [-0.1, -0.05) is 30.0 Å². The zero-order valence-electron chi connectivity index (χ0n) is 18.0. The van der Waals surface area contributed by atoms with Crippen LogP contribution in [-0.2, 0) is 20.8 Å². The maximum absolute atomic E-state index is 12.8. The van der Waals surface area contributed by atoms with Gasteiger partial charge in [0.25, 0.3) is 5.56 Å². The minimum Gasteiger partial charge on any atom is -0.465 e. The summed E-state index contributed by atoms with van der Waals surface area (Å²) < 4.78 is 10.8. The Morgan fingerprint density at radius 2 is 1.73 bits per heavy atom. The predicted molar refractivity (Wildman–Crippen MR) is 125 cm³/mol. The van der Waals surface area contributed by atoms with E-state index < -0.39 is 17.8 Å². The van der Waals surface area contributed by atoms with Crippen molar-refractivity contribution in [3.8, 4) is 0 Å². The molecule has 10 heteroatoms. The molecule has 3 aromatic rings. The number of carbonyl (C=O) groups excluding carboxylic acids is 3. The molecule has 1 N–H and O–H groups in total. The number of amides is 1. The molecule has 0 saturated carbocycles. The number of fused-ring (bicyclic) bond motifs is 1. The first-order chi connectivity index (χ1) is 15.9. The number of hydrogen-bond acceptors (Lipinski definition) is 8. The van der Waals surface area contributed by atoms with Crippen LogP contribution in [0.1, 0.15) is 20.7 Å². The van der Waals surface area contributed by atoms with Gasteiger partial charge in [-0.05, 0) is 30.3 Å². The summed E-state index contributed by atoms with van der Waals surface area (Å²) in [5.74, 6) is -1.83. The lowest BCUT2D eigenvalue weighted by Crippen LogP contribution is -2.23. The highest BCUT2D eigenvalue weighted by atomic mass is 32.2. The SMILES string of the molecule is C=CCn1c(SCC(=O)Nc2cc(C(=O)OC)cc(C(=O)OC)c2)nc2ccccc2c1=O. The molecule has 1 amide bonds. The number of anilines is 1. The van der Waals surface area contributed by atoms with Crippen molar-refractivity contribution in [2.45, 2.75) is 11.7 Å². The topological polar surface area (TPSA) is 117 Å². The lowest BCUT2D eigenvalue weighted by molar-refractivity contribution is -0.113. The highest BCUT2D eigenvalue weighted by molar-refractivity contribution is 7.99. The lowest BCUT2D eigenvalue weighted by atomic mass is 10.1. The number of rotatable bonds is 8. The van der Waals surface area contributed by atoms with Crippen LogP contribution < -0.4 is 10.9 Å². The fourth-order valence-electron chi connectivity index (χ4n) is 3.05. The molecule has 0 aliphatic rings. The minimum atomic E-state index is -0.667. The second-order valence-corrected chi connectivity index (χ2v) is 7.68. The van der Waals surface area contributed by atoms with Crippen LogP contribution in [0, 0.1) is 0 Å². The van der Waals surface area contributed by atoms with Gasteiger partial charge < -0.3 is 14.8 Å². The largest absolute Gasteiger partial charge is 0.465 e. The molecule has 33 heavy (non-hydrogen) atoms. The van der Waals surface area contributed by atoms with Crippen LogP contribution in [0.4, 0.5) is 5.69 Å². The van der Waals surface area contributed by atoms with Crippen LogP contribution in [0.2, 0.25) is 0 Å². The maximum Gasteiger partial charge on any atom is 0.337 e. The monoisotopic (exact) mass is 467 g/mol. The highest BCUT2D eigenvalue weighted by Gasteiger charge is 2.16. The van der Waals surface area contributed by atoms with Gasteiger partial charge >= 0.3 is 11.9 Å². The Morgan fingerprint density at radius 3 is 2.33 bits per heavy atom. The Labute approximate surface area is 193 Å². The molecule has 1 heterocycles. The van der Waals surface area contributed by atoms with Crippen molar-refractivity contribution < 1.29 is 23.9 Å². The summed E-state index contributed by atoms with van der Waals surface area (Å²) in [4.78, 5) is 53.8. The minimum absolute atomic E-state index is 0.0715. The first kappa shape index (κ1) is 23.7. The molecule has 0 aliphatic carbocycles. The predicted octanol–water partition coefficient (Wildman–Crippen LogP) is 2.89. The van der Waals surface area contributed by atoms with Crippen LogP contribution in [-0.4, -0.2) is 47.4 Å². The smallest absolute Gasteiger partial charge is 0.337 e. The van der Waals surface area contributed by atoms with E-state index in [1.54, 1.807) is 30.3 Å². The summed E-state index contributed by atoms with van der Waals surface area (Å²) in [6, 6.07) is 11.1. The normalized spacial score (nSPS) is 10.5. The molecule has 0 unspecified atom stereocenters. The Hall–Kier alpha value is -3.92. The first-order valence-corrected chi connectivity index (χ1v) is 10.7. The summed E-state index contributed by atoms with van der Waals surface area (Å²) >= 11 is 1.08. The van der Waals surface area contributed by atoms with Crippen molar-refractivity contribution in [3.63, 3.8) is 0 Å². The van der Waals surface area contributed by atoms with Gasteiger partial charge in [0.05, 0.1) is 42.0 Å². The summed E-state index contributed by atoms with van der Waals surface area (Å²) in [6.45, 7) is 3.92. The molecule has 9 nitrogen and oxygen atoms in total. The molecule has 0 spiro atoms. The number of ether oxygens (including phenoxy) is 2. The van der Waals surface area contributed by atoms with Gasteiger partial charge in [0.15, 0.2) is 5.16 Å². The molecule has 170 valence electrons. The average molecular weight is 468 g/mol.